The molecule has 23 heavy (non-hydrogen) atoms. The maximum absolute atomic E-state index is 12.4. The van der Waals surface area contributed by atoms with Gasteiger partial charge in [0.1, 0.15) is 6.54 Å². The summed E-state index contributed by atoms with van der Waals surface area (Å²) in [5.41, 5.74) is 0.589. The number of nitrogens with one attached hydrogen (secondary N) is 1. The molecule has 2 aromatic rings. The Morgan fingerprint density at radius 1 is 1.26 bits per heavy atom. The molecule has 0 aliphatic rings. The molecule has 1 aromatic carbocycles. The Bertz CT molecular complexity index is 644. The first-order valence-corrected chi connectivity index (χ1v) is 7.73. The number of nitrogens with zero attached hydrogens (tertiary/aromatic N) is 3. The van der Waals surface area contributed by atoms with Crippen molar-refractivity contribution in [2.24, 2.45) is 0 Å². The first-order valence-electron chi connectivity index (χ1n) is 7.73. The lowest BCUT2D eigenvalue weighted by Gasteiger charge is -2.30. The zero-order chi connectivity index (χ0) is 17.0. The molecule has 0 aliphatic heterocycles. The fourth-order valence-electron chi connectivity index (χ4n) is 2.05. The van der Waals surface area contributed by atoms with Crippen molar-refractivity contribution in [1.82, 2.24) is 20.4 Å². The Hall–Kier alpha value is -2.37. The van der Waals surface area contributed by atoms with E-state index in [1.165, 1.54) is 0 Å². The minimum atomic E-state index is -0.297. The van der Waals surface area contributed by atoms with Crippen molar-refractivity contribution in [3.8, 4) is 11.4 Å². The predicted molar refractivity (Wildman–Crippen MR) is 88.7 cm³/mol. The molecule has 124 valence electrons. The SMILES string of the molecule is CC(C)N(Cc1nc(-c2ccccc2)no1)C(=O)NC(C)(C)C. The Labute approximate surface area is 136 Å². The van der Waals surface area contributed by atoms with E-state index < -0.39 is 0 Å². The predicted octanol–water partition coefficient (Wildman–Crippen LogP) is 3.46. The molecule has 0 aliphatic carbocycles. The zero-order valence-corrected chi connectivity index (χ0v) is 14.3. The summed E-state index contributed by atoms with van der Waals surface area (Å²) in [7, 11) is 0. The van der Waals surface area contributed by atoms with Crippen LogP contribution in [0.15, 0.2) is 34.9 Å². The van der Waals surface area contributed by atoms with Gasteiger partial charge in [0.2, 0.25) is 11.7 Å². The van der Waals surface area contributed by atoms with Gasteiger partial charge in [-0.2, -0.15) is 4.98 Å². The summed E-state index contributed by atoms with van der Waals surface area (Å²) >= 11 is 0. The third-order valence-corrected chi connectivity index (χ3v) is 3.17. The average molecular weight is 316 g/mol. The smallest absolute Gasteiger partial charge is 0.318 e. The quantitative estimate of drug-likeness (QED) is 0.937. The lowest BCUT2D eigenvalue weighted by molar-refractivity contribution is 0.161. The van der Waals surface area contributed by atoms with Crippen LogP contribution < -0.4 is 5.32 Å². The molecule has 1 heterocycles. The number of rotatable bonds is 4. The third-order valence-electron chi connectivity index (χ3n) is 3.17. The van der Waals surface area contributed by atoms with Gasteiger partial charge >= 0.3 is 6.03 Å². The van der Waals surface area contributed by atoms with Gasteiger partial charge in [-0.15, -0.1) is 0 Å². The van der Waals surface area contributed by atoms with Crippen LogP contribution in [0.3, 0.4) is 0 Å². The summed E-state index contributed by atoms with van der Waals surface area (Å²) in [6.45, 7) is 10.0. The molecule has 0 unspecified atom stereocenters. The molecule has 2 rings (SSSR count). The molecule has 0 bridgehead atoms. The molecule has 0 atom stereocenters. The zero-order valence-electron chi connectivity index (χ0n) is 14.3. The summed E-state index contributed by atoms with van der Waals surface area (Å²) in [5, 5.41) is 6.94. The van der Waals surface area contributed by atoms with E-state index in [9.17, 15) is 4.79 Å². The maximum atomic E-state index is 12.4. The van der Waals surface area contributed by atoms with Gasteiger partial charge in [-0.3, -0.25) is 0 Å². The van der Waals surface area contributed by atoms with Crippen LogP contribution in [0, 0.1) is 0 Å². The number of urea groups is 1. The van der Waals surface area contributed by atoms with Crippen LogP contribution in [0.5, 0.6) is 0 Å². The van der Waals surface area contributed by atoms with E-state index in [-0.39, 0.29) is 24.2 Å². The minimum Gasteiger partial charge on any atom is -0.337 e. The van der Waals surface area contributed by atoms with E-state index in [0.717, 1.165) is 5.56 Å². The van der Waals surface area contributed by atoms with E-state index in [0.29, 0.717) is 11.7 Å². The van der Waals surface area contributed by atoms with Crippen LogP contribution in [0.4, 0.5) is 4.79 Å². The van der Waals surface area contributed by atoms with Crippen molar-refractivity contribution in [2.75, 3.05) is 0 Å². The van der Waals surface area contributed by atoms with Gasteiger partial charge in [0.15, 0.2) is 0 Å². The van der Waals surface area contributed by atoms with Gasteiger partial charge in [-0.05, 0) is 34.6 Å². The highest BCUT2D eigenvalue weighted by atomic mass is 16.5. The second-order valence-corrected chi connectivity index (χ2v) is 6.78. The van der Waals surface area contributed by atoms with Crippen LogP contribution in [0.25, 0.3) is 11.4 Å². The van der Waals surface area contributed by atoms with Gasteiger partial charge in [0.05, 0.1) is 0 Å². The van der Waals surface area contributed by atoms with Crippen LogP contribution in [0.2, 0.25) is 0 Å². The average Bonchev–Trinajstić information content (AvgIpc) is 2.92. The number of amides is 2. The molecule has 0 radical (unpaired) electrons. The largest absolute Gasteiger partial charge is 0.337 e. The second kappa shape index (κ2) is 6.81. The Morgan fingerprint density at radius 3 is 2.48 bits per heavy atom. The number of aromatic nitrogens is 2. The summed E-state index contributed by atoms with van der Waals surface area (Å²) in [5.74, 6) is 0.946. The number of carbonyl (C=O) groups is 1. The van der Waals surface area contributed by atoms with Crippen molar-refractivity contribution in [3.63, 3.8) is 0 Å². The normalized spacial score (nSPS) is 11.6. The van der Waals surface area contributed by atoms with Crippen LogP contribution in [-0.2, 0) is 6.54 Å². The van der Waals surface area contributed by atoms with Gasteiger partial charge in [0.25, 0.3) is 0 Å². The van der Waals surface area contributed by atoms with Crippen molar-refractivity contribution in [3.05, 3.63) is 36.2 Å². The molecule has 1 N–H and O–H groups in total. The third kappa shape index (κ3) is 4.81. The topological polar surface area (TPSA) is 71.3 Å². The molecular weight excluding hydrogens is 292 g/mol. The summed E-state index contributed by atoms with van der Waals surface area (Å²) in [6, 6.07) is 9.48. The van der Waals surface area contributed by atoms with Crippen LogP contribution in [0.1, 0.15) is 40.5 Å². The lowest BCUT2D eigenvalue weighted by atomic mass is 10.1. The molecule has 0 fully saturated rings. The highest BCUT2D eigenvalue weighted by Gasteiger charge is 2.24. The molecule has 0 spiro atoms. The Balaban J connectivity index is 2.12. The molecule has 6 heteroatoms. The van der Waals surface area contributed by atoms with Crippen molar-refractivity contribution < 1.29 is 9.32 Å². The van der Waals surface area contributed by atoms with E-state index >= 15 is 0 Å². The molecule has 6 nitrogen and oxygen atoms in total. The number of carbonyl (C=O) groups excluding carboxylic acids is 1. The van der Waals surface area contributed by atoms with Crippen molar-refractivity contribution >= 4 is 6.03 Å². The molecular formula is C17H24N4O2. The van der Waals surface area contributed by atoms with Gasteiger partial charge in [0, 0.05) is 17.1 Å². The summed E-state index contributed by atoms with van der Waals surface area (Å²) in [4.78, 5) is 18.5. The van der Waals surface area contributed by atoms with E-state index in [1.54, 1.807) is 4.90 Å². The summed E-state index contributed by atoms with van der Waals surface area (Å²) in [6.07, 6.45) is 0. The van der Waals surface area contributed by atoms with Crippen LogP contribution >= 0.6 is 0 Å². The monoisotopic (exact) mass is 316 g/mol. The number of benzene rings is 1. The molecule has 0 saturated heterocycles. The van der Waals surface area contributed by atoms with E-state index in [2.05, 4.69) is 15.5 Å². The van der Waals surface area contributed by atoms with Gasteiger partial charge in [-0.25, -0.2) is 4.79 Å². The molecule has 1 aromatic heterocycles. The highest BCUT2D eigenvalue weighted by molar-refractivity contribution is 5.75. The molecule has 2 amide bonds. The maximum Gasteiger partial charge on any atom is 0.318 e. The van der Waals surface area contributed by atoms with Gasteiger partial charge < -0.3 is 14.7 Å². The fraction of sp³-hybridized carbons (Fsp3) is 0.471. The van der Waals surface area contributed by atoms with Gasteiger partial charge in [-0.1, -0.05) is 35.5 Å². The second-order valence-electron chi connectivity index (χ2n) is 6.78. The Morgan fingerprint density at radius 2 is 1.91 bits per heavy atom. The number of hydrogen-bond acceptors (Lipinski definition) is 4. The van der Waals surface area contributed by atoms with Crippen molar-refractivity contribution in [1.29, 1.82) is 0 Å². The first kappa shape index (κ1) is 17.0. The number of hydrogen-bond donors (Lipinski definition) is 1. The fourth-order valence-corrected chi connectivity index (χ4v) is 2.05. The van der Waals surface area contributed by atoms with E-state index in [4.69, 9.17) is 4.52 Å². The minimum absolute atomic E-state index is 0.0180. The van der Waals surface area contributed by atoms with E-state index in [1.807, 2.05) is 65.0 Å². The Kier molecular flexibility index (Phi) is 5.03. The summed E-state index contributed by atoms with van der Waals surface area (Å²) < 4.78 is 5.30. The van der Waals surface area contributed by atoms with Crippen molar-refractivity contribution in [2.45, 2.75) is 52.7 Å². The van der Waals surface area contributed by atoms with Crippen LogP contribution in [-0.4, -0.2) is 32.7 Å². The highest BCUT2D eigenvalue weighted by Crippen LogP contribution is 2.16. The lowest BCUT2D eigenvalue weighted by Crippen LogP contribution is -2.50. The standard InChI is InChI=1S/C17H24N4O2/c1-12(2)21(16(22)19-17(3,4)5)11-14-18-15(20-23-14)13-9-7-6-8-10-13/h6-10,12H,11H2,1-5H3,(H,19,22). The molecule has 0 saturated carbocycles. The first-order chi connectivity index (χ1) is 10.8.